The summed E-state index contributed by atoms with van der Waals surface area (Å²) in [6.07, 6.45) is 4.16. The smallest absolute Gasteiger partial charge is 0.314 e. The fraction of sp³-hybridized carbons (Fsp3) is 0.553. The van der Waals surface area contributed by atoms with Gasteiger partial charge in [-0.3, -0.25) is 14.4 Å². The molecular weight excluding hydrogens is 807 g/mol. The number of hydrogen-bond donors (Lipinski definition) is 1. The van der Waals surface area contributed by atoms with Crippen LogP contribution in [0.15, 0.2) is 54.6 Å². The molecule has 60 heavy (non-hydrogen) atoms. The molecule has 0 aromatic heterocycles. The van der Waals surface area contributed by atoms with E-state index in [0.29, 0.717) is 66.6 Å². The molecule has 3 fully saturated rings. The predicted octanol–water partition coefficient (Wildman–Crippen LogP) is 8.72. The third-order valence-electron chi connectivity index (χ3n) is 11.2. The number of carbonyl (C=O) groups excluding carboxylic acids is 3. The number of rotatable bonds is 20. The lowest BCUT2D eigenvalue weighted by molar-refractivity contribution is -0.191. The quantitative estimate of drug-likeness (QED) is 0.0671. The molecule has 3 aliphatic rings. The van der Waals surface area contributed by atoms with E-state index >= 15 is 0 Å². The first-order valence-electron chi connectivity index (χ1n) is 21.2. The van der Waals surface area contributed by atoms with Gasteiger partial charge in [0.1, 0.15) is 24.7 Å². The maximum absolute atomic E-state index is 14.6. The van der Waals surface area contributed by atoms with Crippen LogP contribution >= 0.6 is 23.2 Å². The molecule has 0 radical (unpaired) electrons. The van der Waals surface area contributed by atoms with Gasteiger partial charge in [0.15, 0.2) is 5.75 Å². The van der Waals surface area contributed by atoms with Crippen LogP contribution in [-0.4, -0.2) is 81.7 Å². The van der Waals surface area contributed by atoms with Crippen molar-refractivity contribution in [3.05, 3.63) is 86.9 Å². The van der Waals surface area contributed by atoms with Crippen molar-refractivity contribution >= 4 is 41.0 Å². The first-order valence-corrected chi connectivity index (χ1v) is 21.9. The molecule has 6 rings (SSSR count). The summed E-state index contributed by atoms with van der Waals surface area (Å²) in [5, 5.41) is 4.42. The predicted molar refractivity (Wildman–Crippen MR) is 231 cm³/mol. The lowest BCUT2D eigenvalue weighted by atomic mass is 9.80. The number of amides is 1. The number of carbonyl (C=O) groups is 3. The molecule has 1 aliphatic heterocycles. The highest BCUT2D eigenvalue weighted by Gasteiger charge is 2.46. The van der Waals surface area contributed by atoms with Gasteiger partial charge in [-0.25, -0.2) is 0 Å². The summed E-state index contributed by atoms with van der Waals surface area (Å²) in [5.74, 6) is 0.772. The van der Waals surface area contributed by atoms with E-state index in [4.69, 9.17) is 51.6 Å². The van der Waals surface area contributed by atoms with Crippen molar-refractivity contribution in [2.45, 2.75) is 97.9 Å². The van der Waals surface area contributed by atoms with E-state index in [2.05, 4.69) is 28.4 Å². The van der Waals surface area contributed by atoms with Crippen molar-refractivity contribution in [2.24, 2.45) is 23.2 Å². The molecule has 2 aliphatic carbocycles. The number of hydrogen-bond acceptors (Lipinski definition) is 10. The molecular formula is C47H60Cl2N2O9. The summed E-state index contributed by atoms with van der Waals surface area (Å²) in [7, 11) is 1.70. The molecule has 1 N–H and O–H groups in total. The SMILES string of the molecule is COCCCc1cc(CN(C(=O)[C@H]2CNCC[C@@H]2c2ccc(OCCOc3c(Cl)cc(C)cc3Cl)cc2)C2CC2)cc(OC[C@@H]2C[C@H]2C(=O)OC(C)OC(=O)C(C)(C)C)c1. The fourth-order valence-corrected chi connectivity index (χ4v) is 8.34. The van der Waals surface area contributed by atoms with Gasteiger partial charge in [-0.1, -0.05) is 41.4 Å². The van der Waals surface area contributed by atoms with Crippen molar-refractivity contribution in [3.63, 3.8) is 0 Å². The Kier molecular flexibility index (Phi) is 15.7. The Balaban J connectivity index is 1.06. The molecule has 1 saturated heterocycles. The summed E-state index contributed by atoms with van der Waals surface area (Å²) >= 11 is 12.6. The zero-order valence-electron chi connectivity index (χ0n) is 35.7. The van der Waals surface area contributed by atoms with E-state index in [0.717, 1.165) is 60.9 Å². The third-order valence-corrected chi connectivity index (χ3v) is 11.7. The summed E-state index contributed by atoms with van der Waals surface area (Å²) in [6.45, 7) is 12.3. The lowest BCUT2D eigenvalue weighted by Gasteiger charge is -2.36. The molecule has 3 aromatic carbocycles. The Bertz CT molecular complexity index is 1920. The van der Waals surface area contributed by atoms with Crippen LogP contribution in [0.5, 0.6) is 17.2 Å². The average molecular weight is 868 g/mol. The highest BCUT2D eigenvalue weighted by molar-refractivity contribution is 6.37. The Morgan fingerprint density at radius 1 is 0.850 bits per heavy atom. The third kappa shape index (κ3) is 12.8. The van der Waals surface area contributed by atoms with Gasteiger partial charge in [-0.15, -0.1) is 0 Å². The van der Waals surface area contributed by atoms with Crippen LogP contribution in [0.4, 0.5) is 0 Å². The maximum atomic E-state index is 14.6. The molecule has 5 atom stereocenters. The molecule has 13 heteroatoms. The van der Waals surface area contributed by atoms with Gasteiger partial charge in [0.05, 0.1) is 33.9 Å². The minimum Gasteiger partial charge on any atom is -0.493 e. The highest BCUT2D eigenvalue weighted by atomic mass is 35.5. The van der Waals surface area contributed by atoms with E-state index < -0.39 is 17.7 Å². The zero-order chi connectivity index (χ0) is 43.0. The minimum absolute atomic E-state index is 0.00170. The summed E-state index contributed by atoms with van der Waals surface area (Å²) in [6, 6.07) is 18.1. The number of piperidine rings is 1. The number of benzene rings is 3. The zero-order valence-corrected chi connectivity index (χ0v) is 37.2. The lowest BCUT2D eigenvalue weighted by Crippen LogP contribution is -2.47. The van der Waals surface area contributed by atoms with Gasteiger partial charge in [-0.2, -0.15) is 0 Å². The van der Waals surface area contributed by atoms with E-state index in [1.54, 1.807) is 34.8 Å². The monoisotopic (exact) mass is 866 g/mol. The van der Waals surface area contributed by atoms with Crippen molar-refractivity contribution in [2.75, 3.05) is 46.6 Å². The van der Waals surface area contributed by atoms with Crippen LogP contribution < -0.4 is 19.5 Å². The van der Waals surface area contributed by atoms with Gasteiger partial charge in [0, 0.05) is 45.7 Å². The molecule has 1 heterocycles. The number of nitrogens with zero attached hydrogens (tertiary/aromatic N) is 1. The largest absolute Gasteiger partial charge is 0.493 e. The topological polar surface area (TPSA) is 122 Å². The number of halogens is 2. The van der Waals surface area contributed by atoms with Crippen LogP contribution in [0.1, 0.15) is 88.0 Å². The molecule has 1 amide bonds. The van der Waals surface area contributed by atoms with Crippen molar-refractivity contribution in [1.82, 2.24) is 10.2 Å². The van der Waals surface area contributed by atoms with E-state index in [-0.39, 0.29) is 48.2 Å². The van der Waals surface area contributed by atoms with Crippen LogP contribution in [0.2, 0.25) is 10.0 Å². The Labute approximate surface area is 364 Å². The van der Waals surface area contributed by atoms with Crippen LogP contribution in [0.3, 0.4) is 0 Å². The highest BCUT2D eigenvalue weighted by Crippen LogP contribution is 2.41. The standard InChI is InChI=1S/C47H60Cl2N2O9/c1-29-20-41(48)43(42(49)21-29)57-19-18-56-36-13-9-33(10-14-36)38-15-16-50-26-40(38)44(52)51(35-11-12-35)27-32-22-31(8-7-17-55-6)23-37(24-32)58-28-34-25-39(34)45(53)59-30(2)60-46(54)47(3,4)5/h9-10,13-14,20-24,30,34-35,38-40,50H,7-8,11-12,15-19,25-28H2,1-6H3/t30?,34-,38+,39+,40-/m0/s1. The molecule has 3 aromatic rings. The van der Waals surface area contributed by atoms with Crippen molar-refractivity contribution in [3.8, 4) is 17.2 Å². The Morgan fingerprint density at radius 2 is 1.55 bits per heavy atom. The van der Waals surface area contributed by atoms with E-state index in [1.165, 1.54) is 0 Å². The van der Waals surface area contributed by atoms with Gasteiger partial charge >= 0.3 is 11.9 Å². The summed E-state index contributed by atoms with van der Waals surface area (Å²) < 4.78 is 34.2. The molecule has 11 nitrogen and oxygen atoms in total. The number of ether oxygens (including phenoxy) is 6. The van der Waals surface area contributed by atoms with Gasteiger partial charge in [0.25, 0.3) is 0 Å². The normalized spacial score (nSPS) is 20.5. The van der Waals surface area contributed by atoms with E-state index in [9.17, 15) is 14.4 Å². The van der Waals surface area contributed by atoms with Crippen LogP contribution in [-0.2, 0) is 41.6 Å². The summed E-state index contributed by atoms with van der Waals surface area (Å²) in [4.78, 5) is 41.7. The molecule has 326 valence electrons. The average Bonchev–Trinajstić information content (AvgIpc) is 4.14. The Hall–Kier alpha value is -4.03. The number of methoxy groups -OCH3 is 1. The van der Waals surface area contributed by atoms with Crippen LogP contribution in [0.25, 0.3) is 0 Å². The number of nitrogens with one attached hydrogen (secondary N) is 1. The molecule has 0 spiro atoms. The van der Waals surface area contributed by atoms with Crippen molar-refractivity contribution in [1.29, 1.82) is 0 Å². The first kappa shape index (κ1) is 45.5. The molecule has 1 unspecified atom stereocenters. The summed E-state index contributed by atoms with van der Waals surface area (Å²) in [5.41, 5.74) is 3.51. The second kappa shape index (κ2) is 20.7. The molecule has 2 saturated carbocycles. The number of esters is 2. The maximum Gasteiger partial charge on any atom is 0.314 e. The number of aryl methyl sites for hydroxylation is 2. The second-order valence-electron chi connectivity index (χ2n) is 17.4. The fourth-order valence-electron chi connectivity index (χ4n) is 7.63. The minimum atomic E-state index is -0.960. The second-order valence-corrected chi connectivity index (χ2v) is 18.2. The van der Waals surface area contributed by atoms with Gasteiger partial charge in [-0.05, 0) is 137 Å². The van der Waals surface area contributed by atoms with Gasteiger partial charge in [0.2, 0.25) is 12.2 Å². The van der Waals surface area contributed by atoms with Crippen LogP contribution in [0, 0.1) is 30.1 Å². The van der Waals surface area contributed by atoms with Gasteiger partial charge < -0.3 is 38.6 Å². The first-order chi connectivity index (χ1) is 28.7. The van der Waals surface area contributed by atoms with E-state index in [1.807, 2.05) is 43.3 Å². The Morgan fingerprint density at radius 3 is 2.23 bits per heavy atom. The van der Waals surface area contributed by atoms with Crippen molar-refractivity contribution < 1.29 is 42.8 Å². The molecule has 0 bridgehead atoms.